The van der Waals surface area contributed by atoms with Gasteiger partial charge in [-0.25, -0.2) is 4.39 Å². The van der Waals surface area contributed by atoms with E-state index in [1.807, 2.05) is 24.3 Å². The lowest BCUT2D eigenvalue weighted by atomic mass is 10.1. The number of rotatable bonds is 7. The highest BCUT2D eigenvalue weighted by Crippen LogP contribution is 2.15. The number of hydrogen-bond acceptors (Lipinski definition) is 2. The summed E-state index contributed by atoms with van der Waals surface area (Å²) in [6.07, 6.45) is 0.801. The van der Waals surface area contributed by atoms with E-state index in [4.69, 9.17) is 16.3 Å². The lowest BCUT2D eigenvalue weighted by Gasteiger charge is -2.13. The zero-order valence-electron chi connectivity index (χ0n) is 14.9. The Morgan fingerprint density at radius 3 is 2.62 bits per heavy atom. The van der Waals surface area contributed by atoms with Gasteiger partial charge in [-0.3, -0.25) is 4.99 Å². The summed E-state index contributed by atoms with van der Waals surface area (Å²) in [5.41, 5.74) is 2.60. The summed E-state index contributed by atoms with van der Waals surface area (Å²) < 4.78 is 18.6. The van der Waals surface area contributed by atoms with Gasteiger partial charge >= 0.3 is 0 Å². The Labute approximate surface area is 176 Å². The highest BCUT2D eigenvalue weighted by Gasteiger charge is 2.05. The second-order valence-corrected chi connectivity index (χ2v) is 5.96. The van der Waals surface area contributed by atoms with Gasteiger partial charge < -0.3 is 15.4 Å². The minimum atomic E-state index is -0.257. The van der Waals surface area contributed by atoms with Crippen molar-refractivity contribution in [2.24, 2.45) is 4.99 Å². The van der Waals surface area contributed by atoms with Crippen molar-refractivity contribution in [3.05, 3.63) is 70.0 Å². The Bertz CT molecular complexity index is 728. The van der Waals surface area contributed by atoms with Crippen molar-refractivity contribution in [2.75, 3.05) is 20.7 Å². The summed E-state index contributed by atoms with van der Waals surface area (Å²) in [5, 5.41) is 7.23. The molecule has 0 spiro atoms. The number of ether oxygens (including phenoxy) is 1. The van der Waals surface area contributed by atoms with Crippen molar-refractivity contribution >= 4 is 41.5 Å². The van der Waals surface area contributed by atoms with Gasteiger partial charge in [0.15, 0.2) is 5.96 Å². The molecule has 0 heterocycles. The third-order valence-corrected chi connectivity index (χ3v) is 4.11. The van der Waals surface area contributed by atoms with Crippen molar-refractivity contribution in [1.29, 1.82) is 0 Å². The minimum absolute atomic E-state index is 0. The summed E-state index contributed by atoms with van der Waals surface area (Å²) in [5.74, 6) is 0.428. The number of halogens is 3. The fourth-order valence-corrected chi connectivity index (χ4v) is 2.66. The molecule has 0 aliphatic rings. The van der Waals surface area contributed by atoms with Gasteiger partial charge in [0.1, 0.15) is 5.82 Å². The molecule has 26 heavy (non-hydrogen) atoms. The minimum Gasteiger partial charge on any atom is -0.380 e. The largest absolute Gasteiger partial charge is 0.380 e. The van der Waals surface area contributed by atoms with Crippen LogP contribution in [-0.4, -0.2) is 26.7 Å². The van der Waals surface area contributed by atoms with Gasteiger partial charge in [-0.2, -0.15) is 0 Å². The molecular weight excluding hydrogens is 468 g/mol. The molecule has 0 aromatic heterocycles. The third-order valence-electron chi connectivity index (χ3n) is 3.74. The van der Waals surface area contributed by atoms with Gasteiger partial charge in [-0.05, 0) is 35.7 Å². The molecule has 0 saturated heterocycles. The van der Waals surface area contributed by atoms with E-state index in [1.54, 1.807) is 26.3 Å². The van der Waals surface area contributed by atoms with Crippen LogP contribution in [0.15, 0.2) is 47.5 Å². The number of nitrogens with zero attached hydrogens (tertiary/aromatic N) is 1. The van der Waals surface area contributed by atoms with E-state index in [0.717, 1.165) is 22.6 Å². The van der Waals surface area contributed by atoms with E-state index in [2.05, 4.69) is 15.6 Å². The molecule has 142 valence electrons. The molecule has 7 heteroatoms. The maximum absolute atomic E-state index is 13.6. The molecule has 0 atom stereocenters. The van der Waals surface area contributed by atoms with Crippen LogP contribution < -0.4 is 10.6 Å². The molecule has 0 unspecified atom stereocenters. The molecule has 2 aromatic carbocycles. The molecular formula is C19H24ClFIN3O. The second kappa shape index (κ2) is 12.1. The maximum atomic E-state index is 13.6. The lowest BCUT2D eigenvalue weighted by molar-refractivity contribution is 0.181. The summed E-state index contributed by atoms with van der Waals surface area (Å²) in [6, 6.07) is 12.8. The highest BCUT2D eigenvalue weighted by atomic mass is 127. The predicted octanol–water partition coefficient (Wildman–Crippen LogP) is 4.15. The molecule has 0 fully saturated rings. The molecule has 2 rings (SSSR count). The summed E-state index contributed by atoms with van der Waals surface area (Å²) in [4.78, 5) is 4.20. The van der Waals surface area contributed by atoms with Crippen molar-refractivity contribution in [3.8, 4) is 0 Å². The Morgan fingerprint density at radius 2 is 1.92 bits per heavy atom. The van der Waals surface area contributed by atoms with E-state index in [-0.39, 0.29) is 36.4 Å². The first-order chi connectivity index (χ1) is 12.1. The van der Waals surface area contributed by atoms with Crippen LogP contribution in [0.1, 0.15) is 16.7 Å². The van der Waals surface area contributed by atoms with Crippen molar-refractivity contribution in [2.45, 2.75) is 19.6 Å². The summed E-state index contributed by atoms with van der Waals surface area (Å²) in [7, 11) is 3.26. The van der Waals surface area contributed by atoms with Crippen LogP contribution in [0.5, 0.6) is 0 Å². The smallest absolute Gasteiger partial charge is 0.191 e. The molecule has 0 amide bonds. The number of guanidine groups is 1. The number of aliphatic imine (C=N–C) groups is 1. The molecule has 0 radical (unpaired) electrons. The first-order valence-electron chi connectivity index (χ1n) is 8.08. The maximum Gasteiger partial charge on any atom is 0.191 e. The zero-order chi connectivity index (χ0) is 18.1. The number of nitrogens with one attached hydrogen (secondary N) is 2. The first-order valence-corrected chi connectivity index (χ1v) is 8.46. The summed E-state index contributed by atoms with van der Waals surface area (Å²) in [6.45, 7) is 1.51. The van der Waals surface area contributed by atoms with Crippen LogP contribution >= 0.6 is 35.6 Å². The SMILES string of the molecule is CN=C(NCCc1ccccc1Cl)NCc1ccc(F)c(COC)c1.I. The number of methoxy groups -OCH3 is 1. The Morgan fingerprint density at radius 1 is 1.15 bits per heavy atom. The Kier molecular flexibility index (Phi) is 10.5. The molecule has 0 aliphatic heterocycles. The van der Waals surface area contributed by atoms with Crippen LogP contribution in [0.2, 0.25) is 5.02 Å². The quantitative estimate of drug-likeness (QED) is 0.347. The zero-order valence-corrected chi connectivity index (χ0v) is 18.0. The highest BCUT2D eigenvalue weighted by molar-refractivity contribution is 14.0. The average Bonchev–Trinajstić information content (AvgIpc) is 2.62. The molecule has 0 saturated carbocycles. The third kappa shape index (κ3) is 7.09. The van der Waals surface area contributed by atoms with E-state index in [0.29, 0.717) is 24.6 Å². The summed E-state index contributed by atoms with van der Waals surface area (Å²) >= 11 is 6.15. The second-order valence-electron chi connectivity index (χ2n) is 5.55. The molecule has 0 bridgehead atoms. The lowest BCUT2D eigenvalue weighted by Crippen LogP contribution is -2.37. The molecule has 2 N–H and O–H groups in total. The molecule has 0 aliphatic carbocycles. The van der Waals surface area contributed by atoms with E-state index in [9.17, 15) is 4.39 Å². The number of hydrogen-bond donors (Lipinski definition) is 2. The van der Waals surface area contributed by atoms with Crippen LogP contribution in [0.3, 0.4) is 0 Å². The van der Waals surface area contributed by atoms with Crippen LogP contribution in [-0.2, 0) is 24.3 Å². The monoisotopic (exact) mass is 491 g/mol. The fraction of sp³-hybridized carbons (Fsp3) is 0.316. The van der Waals surface area contributed by atoms with Gasteiger partial charge in [0.05, 0.1) is 6.61 Å². The standard InChI is InChI=1S/C19H23ClFN3O.HI/c1-22-19(23-10-9-15-5-3-4-6-17(15)20)24-12-14-7-8-18(21)16(11-14)13-25-2;/h3-8,11H,9-10,12-13H2,1-2H3,(H2,22,23,24);1H. The van der Waals surface area contributed by atoms with Crippen molar-refractivity contribution in [3.63, 3.8) is 0 Å². The van der Waals surface area contributed by atoms with Crippen LogP contribution in [0, 0.1) is 5.82 Å². The molecule has 4 nitrogen and oxygen atoms in total. The number of benzene rings is 2. The van der Waals surface area contributed by atoms with Gasteiger partial charge in [0.2, 0.25) is 0 Å². The van der Waals surface area contributed by atoms with E-state index >= 15 is 0 Å². The Hall–Kier alpha value is -1.38. The fourth-order valence-electron chi connectivity index (χ4n) is 2.43. The van der Waals surface area contributed by atoms with Gasteiger partial charge in [0.25, 0.3) is 0 Å². The van der Waals surface area contributed by atoms with Crippen molar-refractivity contribution in [1.82, 2.24) is 10.6 Å². The topological polar surface area (TPSA) is 45.7 Å². The van der Waals surface area contributed by atoms with Crippen LogP contribution in [0.25, 0.3) is 0 Å². The normalized spacial score (nSPS) is 11.0. The van der Waals surface area contributed by atoms with E-state index < -0.39 is 0 Å². The average molecular weight is 492 g/mol. The Balaban J connectivity index is 0.00000338. The van der Waals surface area contributed by atoms with E-state index in [1.165, 1.54) is 6.07 Å². The van der Waals surface area contributed by atoms with Gasteiger partial charge in [-0.1, -0.05) is 35.9 Å². The van der Waals surface area contributed by atoms with Gasteiger partial charge in [0, 0.05) is 37.8 Å². The predicted molar refractivity (Wildman–Crippen MR) is 116 cm³/mol. The first kappa shape index (κ1) is 22.7. The molecule has 2 aromatic rings. The van der Waals surface area contributed by atoms with Crippen LogP contribution in [0.4, 0.5) is 4.39 Å². The van der Waals surface area contributed by atoms with Crippen molar-refractivity contribution < 1.29 is 9.13 Å². The van der Waals surface area contributed by atoms with Gasteiger partial charge in [-0.15, -0.1) is 24.0 Å².